The van der Waals surface area contributed by atoms with Crippen molar-refractivity contribution in [1.82, 2.24) is 0 Å². The zero-order valence-electron chi connectivity index (χ0n) is 7.37. The van der Waals surface area contributed by atoms with Crippen molar-refractivity contribution in [3.8, 4) is 0 Å². The summed E-state index contributed by atoms with van der Waals surface area (Å²) in [6.07, 6.45) is 0.627. The smallest absolute Gasteiger partial charge is 0.337 e. The molecule has 4 heteroatoms. The minimum absolute atomic E-state index is 0.0648. The van der Waals surface area contributed by atoms with E-state index in [1.54, 1.807) is 11.8 Å². The van der Waals surface area contributed by atoms with Gasteiger partial charge in [-0.3, -0.25) is 0 Å². The van der Waals surface area contributed by atoms with Crippen molar-refractivity contribution < 1.29 is 14.6 Å². The number of carbonyl (C=O) groups is 1. The van der Waals surface area contributed by atoms with Gasteiger partial charge >= 0.3 is 5.97 Å². The molecule has 1 saturated heterocycles. The van der Waals surface area contributed by atoms with Crippen LogP contribution in [0.4, 0.5) is 0 Å². The molecule has 1 aliphatic rings. The lowest BCUT2D eigenvalue weighted by molar-refractivity contribution is -0.164. The van der Waals surface area contributed by atoms with Gasteiger partial charge in [-0.15, -0.1) is 0 Å². The van der Waals surface area contributed by atoms with E-state index in [1.165, 1.54) is 0 Å². The quantitative estimate of drug-likeness (QED) is 0.730. The summed E-state index contributed by atoms with van der Waals surface area (Å²) in [6.45, 7) is 4.22. The fraction of sp³-hybridized carbons (Fsp3) is 0.875. The molecule has 0 aromatic heterocycles. The summed E-state index contributed by atoms with van der Waals surface area (Å²) >= 11 is 1.67. The van der Waals surface area contributed by atoms with Crippen LogP contribution in [0, 0.1) is 0 Å². The molecule has 1 N–H and O–H groups in total. The van der Waals surface area contributed by atoms with Gasteiger partial charge < -0.3 is 9.84 Å². The lowest BCUT2D eigenvalue weighted by atomic mass is 9.97. The Kier molecular flexibility index (Phi) is 3.01. The third-order valence-corrected chi connectivity index (χ3v) is 3.58. The van der Waals surface area contributed by atoms with E-state index in [4.69, 9.17) is 9.84 Å². The summed E-state index contributed by atoms with van der Waals surface area (Å²) in [6, 6.07) is 0. The predicted octanol–water partition coefficient (Wildman–Crippen LogP) is 1.37. The van der Waals surface area contributed by atoms with Crippen LogP contribution in [0.5, 0.6) is 0 Å². The molecule has 0 aromatic carbocycles. The van der Waals surface area contributed by atoms with Crippen LogP contribution in [0.1, 0.15) is 20.3 Å². The fourth-order valence-corrected chi connectivity index (χ4v) is 2.85. The van der Waals surface area contributed by atoms with Gasteiger partial charge in [-0.25, -0.2) is 4.79 Å². The van der Waals surface area contributed by atoms with Gasteiger partial charge in [0.15, 0.2) is 5.60 Å². The van der Waals surface area contributed by atoms with Crippen molar-refractivity contribution >= 4 is 17.7 Å². The van der Waals surface area contributed by atoms with Crippen molar-refractivity contribution in [2.24, 2.45) is 0 Å². The maximum atomic E-state index is 11.0. The Morgan fingerprint density at radius 2 is 2.50 bits per heavy atom. The standard InChI is InChI=1S/C8H14O3S/c1-3-11-8(7(9)10)4-5-12-6(8)2/h6H,3-5H2,1-2H3,(H,9,10). The number of hydrogen-bond donors (Lipinski definition) is 1. The van der Waals surface area contributed by atoms with Crippen molar-refractivity contribution in [2.45, 2.75) is 31.1 Å². The Hall–Kier alpha value is -0.220. The van der Waals surface area contributed by atoms with Crippen LogP contribution >= 0.6 is 11.8 Å². The summed E-state index contributed by atoms with van der Waals surface area (Å²) < 4.78 is 5.34. The van der Waals surface area contributed by atoms with Gasteiger partial charge in [0.05, 0.1) is 0 Å². The maximum absolute atomic E-state index is 11.0. The van der Waals surface area contributed by atoms with Crippen LogP contribution in [-0.4, -0.2) is 34.3 Å². The Bertz CT molecular complexity index is 183. The van der Waals surface area contributed by atoms with Gasteiger partial charge in [0.1, 0.15) is 0 Å². The van der Waals surface area contributed by atoms with Crippen molar-refractivity contribution in [1.29, 1.82) is 0 Å². The molecule has 0 spiro atoms. The average molecular weight is 190 g/mol. The topological polar surface area (TPSA) is 46.5 Å². The summed E-state index contributed by atoms with van der Waals surface area (Å²) in [7, 11) is 0. The number of thioether (sulfide) groups is 1. The molecule has 0 aliphatic carbocycles. The van der Waals surface area contributed by atoms with Gasteiger partial charge in [-0.2, -0.15) is 11.8 Å². The summed E-state index contributed by atoms with van der Waals surface area (Å²) in [4.78, 5) is 11.0. The maximum Gasteiger partial charge on any atom is 0.337 e. The van der Waals surface area contributed by atoms with E-state index in [0.29, 0.717) is 13.0 Å². The van der Waals surface area contributed by atoms with Crippen LogP contribution in [0.3, 0.4) is 0 Å². The second-order valence-corrected chi connectivity index (χ2v) is 4.34. The second-order valence-electron chi connectivity index (χ2n) is 2.89. The largest absolute Gasteiger partial charge is 0.479 e. The van der Waals surface area contributed by atoms with E-state index in [9.17, 15) is 4.79 Å². The molecule has 1 rings (SSSR count). The van der Waals surface area contributed by atoms with E-state index < -0.39 is 11.6 Å². The molecule has 0 aromatic rings. The lowest BCUT2D eigenvalue weighted by Crippen LogP contribution is -2.46. The van der Waals surface area contributed by atoms with Gasteiger partial charge in [0.25, 0.3) is 0 Å². The minimum atomic E-state index is -0.917. The van der Waals surface area contributed by atoms with Gasteiger partial charge in [0, 0.05) is 11.9 Å². The molecule has 0 amide bonds. The Morgan fingerprint density at radius 3 is 2.83 bits per heavy atom. The van der Waals surface area contributed by atoms with E-state index >= 15 is 0 Å². The summed E-state index contributed by atoms with van der Waals surface area (Å²) in [5.41, 5.74) is -0.917. The van der Waals surface area contributed by atoms with E-state index in [0.717, 1.165) is 5.75 Å². The van der Waals surface area contributed by atoms with Gasteiger partial charge in [-0.05, 0) is 26.0 Å². The number of carboxylic acids is 1. The lowest BCUT2D eigenvalue weighted by Gasteiger charge is -2.27. The number of hydrogen-bond acceptors (Lipinski definition) is 3. The average Bonchev–Trinajstić information content (AvgIpc) is 2.34. The number of rotatable bonds is 3. The molecule has 12 heavy (non-hydrogen) atoms. The number of aliphatic carboxylic acids is 1. The zero-order valence-corrected chi connectivity index (χ0v) is 8.19. The summed E-state index contributed by atoms with van der Waals surface area (Å²) in [5.74, 6) is 0.0647. The van der Waals surface area contributed by atoms with Crippen molar-refractivity contribution in [2.75, 3.05) is 12.4 Å². The second kappa shape index (κ2) is 3.66. The monoisotopic (exact) mass is 190 g/mol. The van der Waals surface area contributed by atoms with Crippen molar-refractivity contribution in [3.63, 3.8) is 0 Å². The fourth-order valence-electron chi connectivity index (χ4n) is 1.51. The zero-order chi connectivity index (χ0) is 9.19. The van der Waals surface area contributed by atoms with Crippen LogP contribution in [-0.2, 0) is 9.53 Å². The van der Waals surface area contributed by atoms with E-state index in [2.05, 4.69) is 0 Å². The predicted molar refractivity (Wildman–Crippen MR) is 48.5 cm³/mol. The first-order valence-corrected chi connectivity index (χ1v) is 5.17. The Balaban J connectivity index is 2.77. The highest BCUT2D eigenvalue weighted by atomic mass is 32.2. The van der Waals surface area contributed by atoms with Gasteiger partial charge in [0.2, 0.25) is 0 Å². The highest BCUT2D eigenvalue weighted by molar-refractivity contribution is 8.00. The molecule has 2 atom stereocenters. The molecule has 1 fully saturated rings. The molecular weight excluding hydrogens is 176 g/mol. The molecular formula is C8H14O3S. The van der Waals surface area contributed by atoms with Crippen LogP contribution in [0.15, 0.2) is 0 Å². The highest BCUT2D eigenvalue weighted by Crippen LogP contribution is 2.38. The van der Waals surface area contributed by atoms with E-state index in [-0.39, 0.29) is 5.25 Å². The molecule has 1 heterocycles. The number of carboxylic acid groups (broad SMARTS) is 1. The molecule has 0 radical (unpaired) electrons. The minimum Gasteiger partial charge on any atom is -0.479 e. The third kappa shape index (κ3) is 1.45. The molecule has 0 bridgehead atoms. The Labute approximate surface area is 76.5 Å². The first kappa shape index (κ1) is 9.86. The number of ether oxygens (including phenoxy) is 1. The van der Waals surface area contributed by atoms with Crippen LogP contribution in [0.2, 0.25) is 0 Å². The normalized spacial score (nSPS) is 35.3. The highest BCUT2D eigenvalue weighted by Gasteiger charge is 2.48. The van der Waals surface area contributed by atoms with Gasteiger partial charge in [-0.1, -0.05) is 0 Å². The van der Waals surface area contributed by atoms with Crippen LogP contribution < -0.4 is 0 Å². The third-order valence-electron chi connectivity index (χ3n) is 2.26. The molecule has 3 nitrogen and oxygen atoms in total. The van der Waals surface area contributed by atoms with Crippen molar-refractivity contribution in [3.05, 3.63) is 0 Å². The Morgan fingerprint density at radius 1 is 1.83 bits per heavy atom. The first-order chi connectivity index (χ1) is 5.63. The first-order valence-electron chi connectivity index (χ1n) is 4.12. The molecule has 70 valence electrons. The molecule has 2 unspecified atom stereocenters. The SMILES string of the molecule is CCOC1(C(=O)O)CCSC1C. The molecule has 0 saturated carbocycles. The summed E-state index contributed by atoms with van der Waals surface area (Å²) in [5, 5.41) is 9.09. The van der Waals surface area contributed by atoms with Crippen LogP contribution in [0.25, 0.3) is 0 Å². The molecule has 1 aliphatic heterocycles. The van der Waals surface area contributed by atoms with E-state index in [1.807, 2.05) is 13.8 Å².